The van der Waals surface area contributed by atoms with Crippen LogP contribution in [-0.4, -0.2) is 16.5 Å². The Balaban J connectivity index is 2.05. The molecule has 1 N–H and O–H groups in total. The smallest absolute Gasteiger partial charge is 0.133 e. The molecule has 1 aromatic carbocycles. The number of aryl methyl sites for hydroxylation is 1. The molecule has 1 heterocycles. The van der Waals surface area contributed by atoms with Gasteiger partial charge in [-0.05, 0) is 43.1 Å². The van der Waals surface area contributed by atoms with Gasteiger partial charge in [-0.3, -0.25) is 0 Å². The Bertz CT molecular complexity index is 579. The lowest BCUT2D eigenvalue weighted by atomic mass is 10.1. The number of nitrogens with one attached hydrogen (secondary N) is 1. The van der Waals surface area contributed by atoms with E-state index >= 15 is 0 Å². The molecule has 0 unspecified atom stereocenters. The summed E-state index contributed by atoms with van der Waals surface area (Å²) in [6, 6.07) is 8.49. The van der Waals surface area contributed by atoms with Crippen molar-refractivity contribution in [3.8, 4) is 0 Å². The molecule has 0 bridgehead atoms. The molecule has 0 fully saturated rings. The molecule has 0 spiro atoms. The highest BCUT2D eigenvalue weighted by Crippen LogP contribution is 2.09. The standard InChI is InChI=1S/C17H22FN3/c1-12(2)10-19-11-16-8-13(3)20-17(21-16)9-14-4-6-15(18)7-5-14/h4-8,12,19H,9-11H2,1-3H3. The molecule has 2 rings (SSSR count). The van der Waals surface area contributed by atoms with Gasteiger partial charge >= 0.3 is 0 Å². The molecule has 0 saturated carbocycles. The van der Waals surface area contributed by atoms with Gasteiger partial charge < -0.3 is 5.32 Å². The Morgan fingerprint density at radius 1 is 1.14 bits per heavy atom. The molecule has 0 saturated heterocycles. The molecule has 0 aliphatic rings. The Morgan fingerprint density at radius 2 is 1.86 bits per heavy atom. The molecule has 0 aliphatic heterocycles. The van der Waals surface area contributed by atoms with Crippen LogP contribution in [0.2, 0.25) is 0 Å². The van der Waals surface area contributed by atoms with Crippen molar-refractivity contribution in [2.24, 2.45) is 5.92 Å². The van der Waals surface area contributed by atoms with Gasteiger partial charge in [0.25, 0.3) is 0 Å². The Morgan fingerprint density at radius 3 is 2.52 bits per heavy atom. The summed E-state index contributed by atoms with van der Waals surface area (Å²) in [6.45, 7) is 8.05. The van der Waals surface area contributed by atoms with Crippen LogP contribution in [0.5, 0.6) is 0 Å². The van der Waals surface area contributed by atoms with Gasteiger partial charge in [-0.25, -0.2) is 14.4 Å². The van der Waals surface area contributed by atoms with Crippen LogP contribution in [0, 0.1) is 18.7 Å². The van der Waals surface area contributed by atoms with Crippen molar-refractivity contribution in [1.82, 2.24) is 15.3 Å². The second-order valence-corrected chi connectivity index (χ2v) is 5.74. The lowest BCUT2D eigenvalue weighted by Gasteiger charge is -2.09. The molecular formula is C17H22FN3. The van der Waals surface area contributed by atoms with Crippen LogP contribution in [0.25, 0.3) is 0 Å². The second-order valence-electron chi connectivity index (χ2n) is 5.74. The molecule has 21 heavy (non-hydrogen) atoms. The average molecular weight is 287 g/mol. The third kappa shape index (κ3) is 5.23. The average Bonchev–Trinajstić information content (AvgIpc) is 2.40. The predicted octanol–water partition coefficient (Wildman–Crippen LogP) is 3.26. The van der Waals surface area contributed by atoms with E-state index in [4.69, 9.17) is 0 Å². The summed E-state index contributed by atoms with van der Waals surface area (Å²) in [5.41, 5.74) is 2.98. The highest BCUT2D eigenvalue weighted by molar-refractivity contribution is 5.21. The van der Waals surface area contributed by atoms with Crippen molar-refractivity contribution < 1.29 is 4.39 Å². The van der Waals surface area contributed by atoms with Gasteiger partial charge in [0.1, 0.15) is 11.6 Å². The SMILES string of the molecule is Cc1cc(CNCC(C)C)nc(Cc2ccc(F)cc2)n1. The van der Waals surface area contributed by atoms with Crippen molar-refractivity contribution in [3.05, 3.63) is 58.9 Å². The van der Waals surface area contributed by atoms with Crippen LogP contribution in [0.1, 0.15) is 36.6 Å². The summed E-state index contributed by atoms with van der Waals surface area (Å²) < 4.78 is 12.9. The van der Waals surface area contributed by atoms with Gasteiger partial charge in [-0.2, -0.15) is 0 Å². The zero-order valence-corrected chi connectivity index (χ0v) is 12.9. The van der Waals surface area contributed by atoms with E-state index in [1.165, 1.54) is 12.1 Å². The molecule has 2 aromatic rings. The maximum Gasteiger partial charge on any atom is 0.133 e. The first-order valence-electron chi connectivity index (χ1n) is 7.31. The molecule has 1 aromatic heterocycles. The Labute approximate surface area is 125 Å². The molecule has 0 atom stereocenters. The van der Waals surface area contributed by atoms with Gasteiger partial charge in [0.15, 0.2) is 0 Å². The minimum absolute atomic E-state index is 0.220. The fourth-order valence-corrected chi connectivity index (χ4v) is 2.14. The molecule has 112 valence electrons. The van der Waals surface area contributed by atoms with E-state index in [2.05, 4.69) is 29.1 Å². The van der Waals surface area contributed by atoms with E-state index in [1.807, 2.05) is 13.0 Å². The molecule has 0 amide bonds. The van der Waals surface area contributed by atoms with E-state index in [0.29, 0.717) is 12.3 Å². The number of hydrogen-bond acceptors (Lipinski definition) is 3. The Kier molecular flexibility index (Phi) is 5.39. The topological polar surface area (TPSA) is 37.8 Å². The van der Waals surface area contributed by atoms with Gasteiger partial charge in [0.05, 0.1) is 5.69 Å². The maximum absolute atomic E-state index is 12.9. The minimum atomic E-state index is -0.220. The number of rotatable bonds is 6. The summed E-state index contributed by atoms with van der Waals surface area (Å²) in [7, 11) is 0. The fourth-order valence-electron chi connectivity index (χ4n) is 2.14. The fraction of sp³-hybridized carbons (Fsp3) is 0.412. The highest BCUT2D eigenvalue weighted by atomic mass is 19.1. The van der Waals surface area contributed by atoms with E-state index in [1.54, 1.807) is 12.1 Å². The number of nitrogens with zero attached hydrogens (tertiary/aromatic N) is 2. The first-order chi connectivity index (χ1) is 10.0. The molecule has 0 radical (unpaired) electrons. The molecular weight excluding hydrogens is 265 g/mol. The lowest BCUT2D eigenvalue weighted by Crippen LogP contribution is -2.20. The number of halogens is 1. The third-order valence-corrected chi connectivity index (χ3v) is 3.09. The summed E-state index contributed by atoms with van der Waals surface area (Å²) in [6.07, 6.45) is 0.624. The van der Waals surface area contributed by atoms with Crippen LogP contribution in [-0.2, 0) is 13.0 Å². The predicted molar refractivity (Wildman–Crippen MR) is 82.5 cm³/mol. The van der Waals surface area contributed by atoms with Crippen molar-refractivity contribution in [2.75, 3.05) is 6.54 Å². The Hall–Kier alpha value is -1.81. The zero-order chi connectivity index (χ0) is 15.2. The maximum atomic E-state index is 12.9. The van der Waals surface area contributed by atoms with Crippen LogP contribution in [0.15, 0.2) is 30.3 Å². The van der Waals surface area contributed by atoms with Gasteiger partial charge in [-0.1, -0.05) is 26.0 Å². The molecule has 4 heteroatoms. The largest absolute Gasteiger partial charge is 0.311 e. The van der Waals surface area contributed by atoms with E-state index in [9.17, 15) is 4.39 Å². The minimum Gasteiger partial charge on any atom is -0.311 e. The number of hydrogen-bond donors (Lipinski definition) is 1. The van der Waals surface area contributed by atoms with Gasteiger partial charge in [0.2, 0.25) is 0 Å². The van der Waals surface area contributed by atoms with E-state index in [-0.39, 0.29) is 5.82 Å². The van der Waals surface area contributed by atoms with Crippen molar-refractivity contribution in [2.45, 2.75) is 33.7 Å². The van der Waals surface area contributed by atoms with Crippen LogP contribution in [0.4, 0.5) is 4.39 Å². The van der Waals surface area contributed by atoms with Gasteiger partial charge in [-0.15, -0.1) is 0 Å². The number of aromatic nitrogens is 2. The first kappa shape index (κ1) is 15.6. The van der Waals surface area contributed by atoms with Crippen molar-refractivity contribution in [1.29, 1.82) is 0 Å². The number of benzene rings is 1. The van der Waals surface area contributed by atoms with Crippen LogP contribution in [0.3, 0.4) is 0 Å². The van der Waals surface area contributed by atoms with Crippen LogP contribution < -0.4 is 5.32 Å². The zero-order valence-electron chi connectivity index (χ0n) is 12.9. The quantitative estimate of drug-likeness (QED) is 0.886. The third-order valence-electron chi connectivity index (χ3n) is 3.09. The summed E-state index contributed by atoms with van der Waals surface area (Å²) in [5.74, 6) is 1.18. The van der Waals surface area contributed by atoms with Crippen molar-refractivity contribution in [3.63, 3.8) is 0 Å². The molecule has 3 nitrogen and oxygen atoms in total. The molecule has 0 aliphatic carbocycles. The summed E-state index contributed by atoms with van der Waals surface area (Å²) >= 11 is 0. The summed E-state index contributed by atoms with van der Waals surface area (Å²) in [5, 5.41) is 3.39. The van der Waals surface area contributed by atoms with E-state index < -0.39 is 0 Å². The monoisotopic (exact) mass is 287 g/mol. The normalized spacial score (nSPS) is 11.1. The van der Waals surface area contributed by atoms with E-state index in [0.717, 1.165) is 35.9 Å². The lowest BCUT2D eigenvalue weighted by molar-refractivity contribution is 0.547. The van der Waals surface area contributed by atoms with Crippen molar-refractivity contribution >= 4 is 0 Å². The van der Waals surface area contributed by atoms with Crippen LogP contribution >= 0.6 is 0 Å². The first-order valence-corrected chi connectivity index (χ1v) is 7.31. The highest BCUT2D eigenvalue weighted by Gasteiger charge is 2.04. The van der Waals surface area contributed by atoms with Gasteiger partial charge in [0, 0.05) is 18.7 Å². The summed E-state index contributed by atoms with van der Waals surface area (Å²) in [4.78, 5) is 9.04. The second kappa shape index (κ2) is 7.27.